The molecule has 162 valence electrons. The van der Waals surface area contributed by atoms with Gasteiger partial charge in [-0.15, -0.1) is 0 Å². The molecule has 0 aliphatic carbocycles. The number of hydrogen-bond acceptors (Lipinski definition) is 4. The molecular weight excluding hydrogens is 388 g/mol. The molecule has 1 saturated heterocycles. The van der Waals surface area contributed by atoms with E-state index >= 15 is 0 Å². The maximum absolute atomic E-state index is 13.5. The monoisotopic (exact) mass is 418 g/mol. The maximum atomic E-state index is 13.5. The number of carbonyl (C=O) groups excluding carboxylic acids is 2. The van der Waals surface area contributed by atoms with Crippen LogP contribution in [0.15, 0.2) is 54.2 Å². The molecule has 0 radical (unpaired) electrons. The minimum absolute atomic E-state index is 0.0775. The van der Waals surface area contributed by atoms with E-state index in [2.05, 4.69) is 4.90 Å². The van der Waals surface area contributed by atoms with Crippen molar-refractivity contribution in [2.45, 2.75) is 52.7 Å². The van der Waals surface area contributed by atoms with E-state index < -0.39 is 0 Å². The van der Waals surface area contributed by atoms with Crippen LogP contribution in [0.4, 0.5) is 0 Å². The number of ether oxygens (including phenoxy) is 1. The summed E-state index contributed by atoms with van der Waals surface area (Å²) in [4.78, 5) is 30.5. The third-order valence-electron chi connectivity index (χ3n) is 5.79. The molecule has 2 amide bonds. The van der Waals surface area contributed by atoms with Gasteiger partial charge in [-0.25, -0.2) is 0 Å². The molecular formula is C26H30N2O3. The van der Waals surface area contributed by atoms with Gasteiger partial charge >= 0.3 is 0 Å². The second-order valence-electron chi connectivity index (χ2n) is 8.64. The van der Waals surface area contributed by atoms with Crippen LogP contribution in [0.25, 0.3) is 5.57 Å². The largest absolute Gasteiger partial charge is 0.491 e. The summed E-state index contributed by atoms with van der Waals surface area (Å²) in [6, 6.07) is 15.5. The van der Waals surface area contributed by atoms with Gasteiger partial charge in [-0.2, -0.15) is 0 Å². The molecule has 0 saturated carbocycles. The van der Waals surface area contributed by atoms with Crippen molar-refractivity contribution in [1.82, 2.24) is 9.80 Å². The smallest absolute Gasteiger partial charge is 0.278 e. The molecule has 0 aromatic heterocycles. The van der Waals surface area contributed by atoms with Crippen LogP contribution in [-0.2, 0) is 16.1 Å². The number of likely N-dealkylation sites (tertiary alicyclic amines) is 1. The molecule has 2 aliphatic heterocycles. The van der Waals surface area contributed by atoms with E-state index in [1.807, 2.05) is 69.3 Å². The standard InChI is InChI=1S/C26H30N2O3/c1-18(2)31-22-13-11-21(12-14-22)23-24(27-15-5-4-6-16-27)26(30)28(25(23)29)17-20-9-7-19(3)8-10-20/h7-14,18H,4-6,15-17H2,1-3H3. The van der Waals surface area contributed by atoms with Gasteiger partial charge in [-0.05, 0) is 63.3 Å². The number of benzene rings is 2. The molecule has 2 aromatic rings. The highest BCUT2D eigenvalue weighted by Crippen LogP contribution is 2.34. The minimum Gasteiger partial charge on any atom is -0.491 e. The SMILES string of the molecule is Cc1ccc(CN2C(=O)C(c3ccc(OC(C)C)cc3)=C(N3CCCCC3)C2=O)cc1. The van der Waals surface area contributed by atoms with Gasteiger partial charge in [-0.1, -0.05) is 42.0 Å². The number of nitrogens with zero attached hydrogens (tertiary/aromatic N) is 2. The van der Waals surface area contributed by atoms with E-state index in [1.165, 1.54) is 4.90 Å². The van der Waals surface area contributed by atoms with E-state index in [0.717, 1.165) is 54.8 Å². The molecule has 0 N–H and O–H groups in total. The third-order valence-corrected chi connectivity index (χ3v) is 5.79. The van der Waals surface area contributed by atoms with Crippen molar-refractivity contribution in [1.29, 1.82) is 0 Å². The van der Waals surface area contributed by atoms with E-state index in [1.54, 1.807) is 0 Å². The van der Waals surface area contributed by atoms with Crippen LogP contribution in [0.5, 0.6) is 5.75 Å². The summed E-state index contributed by atoms with van der Waals surface area (Å²) in [7, 11) is 0. The molecule has 5 nitrogen and oxygen atoms in total. The van der Waals surface area contributed by atoms with Crippen LogP contribution in [0.3, 0.4) is 0 Å². The molecule has 4 rings (SSSR count). The number of amides is 2. The Morgan fingerprint density at radius 1 is 0.871 bits per heavy atom. The average Bonchev–Trinajstić information content (AvgIpc) is 3.01. The summed E-state index contributed by atoms with van der Waals surface area (Å²) in [5.74, 6) is 0.348. The summed E-state index contributed by atoms with van der Waals surface area (Å²) in [6.07, 6.45) is 3.32. The van der Waals surface area contributed by atoms with Crippen molar-refractivity contribution in [3.8, 4) is 5.75 Å². The second-order valence-corrected chi connectivity index (χ2v) is 8.64. The Labute approximate surface area is 184 Å². The summed E-state index contributed by atoms with van der Waals surface area (Å²) in [5.41, 5.74) is 3.93. The van der Waals surface area contributed by atoms with Crippen LogP contribution in [0.1, 0.15) is 49.8 Å². The van der Waals surface area contributed by atoms with Crippen molar-refractivity contribution < 1.29 is 14.3 Å². The average molecular weight is 419 g/mol. The molecule has 0 atom stereocenters. The topological polar surface area (TPSA) is 49.9 Å². The lowest BCUT2D eigenvalue weighted by molar-refractivity contribution is -0.138. The quantitative estimate of drug-likeness (QED) is 0.646. The summed E-state index contributed by atoms with van der Waals surface area (Å²) in [5, 5.41) is 0. The van der Waals surface area contributed by atoms with Gasteiger partial charge in [0.25, 0.3) is 11.8 Å². The number of aryl methyl sites for hydroxylation is 1. The molecule has 31 heavy (non-hydrogen) atoms. The number of carbonyl (C=O) groups is 2. The van der Waals surface area contributed by atoms with Gasteiger partial charge in [0.1, 0.15) is 11.4 Å². The first-order valence-electron chi connectivity index (χ1n) is 11.1. The van der Waals surface area contributed by atoms with Crippen molar-refractivity contribution in [3.63, 3.8) is 0 Å². The Balaban J connectivity index is 1.68. The summed E-state index contributed by atoms with van der Waals surface area (Å²) in [6.45, 7) is 7.89. The number of imide groups is 1. The fraction of sp³-hybridized carbons (Fsp3) is 0.385. The molecule has 0 spiro atoms. The highest BCUT2D eigenvalue weighted by Gasteiger charge is 2.41. The van der Waals surface area contributed by atoms with Gasteiger partial charge in [0.05, 0.1) is 18.2 Å². The van der Waals surface area contributed by atoms with Crippen LogP contribution in [0.2, 0.25) is 0 Å². The van der Waals surface area contributed by atoms with Gasteiger partial charge in [-0.3, -0.25) is 14.5 Å². The predicted octanol–water partition coefficient (Wildman–Crippen LogP) is 4.55. The first kappa shape index (κ1) is 21.2. The fourth-order valence-corrected chi connectivity index (χ4v) is 4.23. The number of hydrogen-bond donors (Lipinski definition) is 0. The highest BCUT2D eigenvalue weighted by atomic mass is 16.5. The first-order valence-corrected chi connectivity index (χ1v) is 11.1. The molecule has 2 aliphatic rings. The van der Waals surface area contributed by atoms with Gasteiger partial charge in [0.2, 0.25) is 0 Å². The Kier molecular flexibility index (Phi) is 6.12. The predicted molar refractivity (Wildman–Crippen MR) is 121 cm³/mol. The van der Waals surface area contributed by atoms with E-state index in [-0.39, 0.29) is 24.5 Å². The Bertz CT molecular complexity index is 984. The Morgan fingerprint density at radius 2 is 1.52 bits per heavy atom. The van der Waals surface area contributed by atoms with Crippen molar-refractivity contribution >= 4 is 17.4 Å². The zero-order chi connectivity index (χ0) is 22.0. The lowest BCUT2D eigenvalue weighted by atomic mass is 10.0. The van der Waals surface area contributed by atoms with Crippen molar-refractivity contribution in [2.24, 2.45) is 0 Å². The van der Waals surface area contributed by atoms with Crippen LogP contribution in [-0.4, -0.2) is 40.8 Å². The molecule has 0 unspecified atom stereocenters. The van der Waals surface area contributed by atoms with Gasteiger partial charge in [0.15, 0.2) is 0 Å². The minimum atomic E-state index is -0.219. The van der Waals surface area contributed by atoms with E-state index in [4.69, 9.17) is 4.74 Å². The number of piperidine rings is 1. The second kappa shape index (κ2) is 8.96. The number of rotatable bonds is 6. The zero-order valence-electron chi connectivity index (χ0n) is 18.6. The Hall–Kier alpha value is -3.08. The first-order chi connectivity index (χ1) is 14.9. The molecule has 2 aromatic carbocycles. The van der Waals surface area contributed by atoms with Crippen LogP contribution in [0, 0.1) is 6.92 Å². The lowest BCUT2D eigenvalue weighted by Crippen LogP contribution is -2.36. The fourth-order valence-electron chi connectivity index (χ4n) is 4.23. The van der Waals surface area contributed by atoms with Gasteiger partial charge < -0.3 is 9.64 Å². The van der Waals surface area contributed by atoms with Crippen molar-refractivity contribution in [2.75, 3.05) is 13.1 Å². The maximum Gasteiger partial charge on any atom is 0.278 e. The van der Waals surface area contributed by atoms with E-state index in [9.17, 15) is 9.59 Å². The van der Waals surface area contributed by atoms with Gasteiger partial charge in [0, 0.05) is 13.1 Å². The van der Waals surface area contributed by atoms with Crippen molar-refractivity contribution in [3.05, 3.63) is 70.9 Å². The normalized spacial score (nSPS) is 17.2. The van der Waals surface area contributed by atoms with Crippen LogP contribution >= 0.6 is 0 Å². The third kappa shape index (κ3) is 4.50. The highest BCUT2D eigenvalue weighted by molar-refractivity contribution is 6.35. The van der Waals surface area contributed by atoms with E-state index in [0.29, 0.717) is 11.3 Å². The Morgan fingerprint density at radius 3 is 2.13 bits per heavy atom. The summed E-state index contributed by atoms with van der Waals surface area (Å²) < 4.78 is 5.74. The van der Waals surface area contributed by atoms with Crippen LogP contribution < -0.4 is 4.74 Å². The lowest BCUT2D eigenvalue weighted by Gasteiger charge is -2.29. The molecule has 2 heterocycles. The molecule has 5 heteroatoms. The molecule has 1 fully saturated rings. The summed E-state index contributed by atoms with van der Waals surface area (Å²) >= 11 is 0. The zero-order valence-corrected chi connectivity index (χ0v) is 18.6. The molecule has 0 bridgehead atoms.